The summed E-state index contributed by atoms with van der Waals surface area (Å²) < 4.78 is 22.8. The minimum Gasteiger partial charge on any atom is -0.545 e. The number of ether oxygens (including phenoxy) is 4. The number of carbonyl (C=O) groups is 3. The van der Waals surface area contributed by atoms with Gasteiger partial charge in [0.25, 0.3) is 0 Å². The summed E-state index contributed by atoms with van der Waals surface area (Å²) in [6.07, 6.45) is 122. The van der Waals surface area contributed by atoms with Crippen LogP contribution in [0.2, 0.25) is 0 Å². The number of hydrogen-bond acceptors (Lipinski definition) is 8. The Morgan fingerprint density at radius 2 is 0.535 bits per heavy atom. The number of rotatable bonds is 71. The minimum absolute atomic E-state index is 0.133. The van der Waals surface area contributed by atoms with Crippen molar-refractivity contribution in [2.75, 3.05) is 47.5 Å². The fourth-order valence-electron chi connectivity index (χ4n) is 10.2. The molecule has 0 N–H and O–H groups in total. The third kappa shape index (κ3) is 80.8. The van der Waals surface area contributed by atoms with Gasteiger partial charge in [-0.15, -0.1) is 0 Å². The zero-order valence-corrected chi connectivity index (χ0v) is 64.7. The van der Waals surface area contributed by atoms with Gasteiger partial charge in [0.2, 0.25) is 0 Å². The third-order valence-corrected chi connectivity index (χ3v) is 16.2. The molecule has 9 heteroatoms. The molecule has 0 aliphatic rings. The van der Waals surface area contributed by atoms with Crippen LogP contribution >= 0.6 is 0 Å². The molecular formula is C92H145NO8. The van der Waals surface area contributed by atoms with E-state index < -0.39 is 24.3 Å². The molecule has 0 aliphatic heterocycles. The van der Waals surface area contributed by atoms with E-state index >= 15 is 0 Å². The number of carboxylic acids is 1. The fraction of sp³-hybridized carbons (Fsp3) is 0.576. The van der Waals surface area contributed by atoms with Gasteiger partial charge in [-0.05, 0) is 154 Å². The largest absolute Gasteiger partial charge is 0.545 e. The molecule has 0 radical (unpaired) electrons. The van der Waals surface area contributed by atoms with E-state index in [2.05, 4.69) is 233 Å². The molecule has 2 atom stereocenters. The Balaban J connectivity index is 4.17. The average Bonchev–Trinajstić information content (AvgIpc) is 1.21. The fourth-order valence-corrected chi connectivity index (χ4v) is 10.2. The quantitative estimate of drug-likeness (QED) is 0.0195. The number of likely N-dealkylation sites (N-methyl/N-ethyl adjacent to an activating group) is 1. The van der Waals surface area contributed by atoms with Crippen LogP contribution in [-0.4, -0.2) is 82.3 Å². The summed E-state index contributed by atoms with van der Waals surface area (Å²) in [6, 6.07) is 0. The molecule has 0 aromatic heterocycles. The Morgan fingerprint density at radius 1 is 0.297 bits per heavy atom. The number of allylic oxidation sites excluding steroid dienone is 36. The summed E-state index contributed by atoms with van der Waals surface area (Å²) in [4.78, 5) is 37.6. The van der Waals surface area contributed by atoms with Gasteiger partial charge in [-0.3, -0.25) is 9.59 Å². The summed E-state index contributed by atoms with van der Waals surface area (Å²) in [7, 11) is 5.92. The highest BCUT2D eigenvalue weighted by molar-refractivity contribution is 5.70. The molecular weight excluding hydrogens is 1250 g/mol. The summed E-state index contributed by atoms with van der Waals surface area (Å²) in [5.74, 6) is -2.33. The van der Waals surface area contributed by atoms with Crippen molar-refractivity contribution in [3.63, 3.8) is 0 Å². The van der Waals surface area contributed by atoms with Crippen LogP contribution < -0.4 is 5.11 Å². The van der Waals surface area contributed by atoms with Crippen molar-refractivity contribution >= 4 is 17.9 Å². The van der Waals surface area contributed by atoms with Crippen molar-refractivity contribution in [2.24, 2.45) is 0 Å². The molecule has 0 heterocycles. The monoisotopic (exact) mass is 1390 g/mol. The Kier molecular flexibility index (Phi) is 74.3. The normalized spacial score (nSPS) is 13.9. The second-order valence-electron chi connectivity index (χ2n) is 26.9. The van der Waals surface area contributed by atoms with Crippen LogP contribution in [0.3, 0.4) is 0 Å². The number of hydrogen-bond donors (Lipinski definition) is 0. The van der Waals surface area contributed by atoms with E-state index in [0.29, 0.717) is 17.4 Å². The van der Waals surface area contributed by atoms with E-state index in [4.69, 9.17) is 18.9 Å². The molecule has 101 heavy (non-hydrogen) atoms. The van der Waals surface area contributed by atoms with Crippen LogP contribution in [0.4, 0.5) is 0 Å². The molecule has 0 bridgehead atoms. The Hall–Kier alpha value is -6.39. The van der Waals surface area contributed by atoms with Gasteiger partial charge in [-0.2, -0.15) is 0 Å². The highest BCUT2D eigenvalue weighted by Crippen LogP contribution is 2.16. The van der Waals surface area contributed by atoms with E-state index in [1.807, 2.05) is 21.1 Å². The first-order valence-corrected chi connectivity index (χ1v) is 39.9. The molecule has 0 fully saturated rings. The lowest BCUT2D eigenvalue weighted by Gasteiger charge is -2.26. The maximum absolute atomic E-state index is 13.0. The predicted molar refractivity (Wildman–Crippen MR) is 434 cm³/mol. The van der Waals surface area contributed by atoms with Crippen LogP contribution in [0, 0.1) is 0 Å². The summed E-state index contributed by atoms with van der Waals surface area (Å²) in [5.41, 5.74) is 0. The van der Waals surface area contributed by atoms with E-state index in [1.54, 1.807) is 0 Å². The lowest BCUT2D eigenvalue weighted by Crippen LogP contribution is -2.44. The van der Waals surface area contributed by atoms with Crippen LogP contribution in [0.1, 0.15) is 284 Å². The van der Waals surface area contributed by atoms with E-state index in [1.165, 1.54) is 83.5 Å². The van der Waals surface area contributed by atoms with Crippen molar-refractivity contribution in [1.29, 1.82) is 0 Å². The molecule has 9 nitrogen and oxygen atoms in total. The molecule has 0 saturated heterocycles. The van der Waals surface area contributed by atoms with Crippen LogP contribution in [-0.2, 0) is 33.3 Å². The lowest BCUT2D eigenvalue weighted by atomic mass is 10.0. The highest BCUT2D eigenvalue weighted by Gasteiger charge is 2.22. The molecule has 0 spiro atoms. The van der Waals surface area contributed by atoms with Gasteiger partial charge in [-0.25, -0.2) is 0 Å². The Morgan fingerprint density at radius 3 is 0.792 bits per heavy atom. The van der Waals surface area contributed by atoms with Gasteiger partial charge >= 0.3 is 11.9 Å². The number of unbranched alkanes of at least 4 members (excludes halogenated alkanes) is 20. The van der Waals surface area contributed by atoms with Crippen molar-refractivity contribution in [2.45, 2.75) is 296 Å². The predicted octanol–water partition coefficient (Wildman–Crippen LogP) is 24.7. The lowest BCUT2D eigenvalue weighted by molar-refractivity contribution is -0.870. The van der Waals surface area contributed by atoms with E-state index in [-0.39, 0.29) is 38.6 Å². The number of esters is 2. The summed E-state index contributed by atoms with van der Waals surface area (Å²) >= 11 is 0. The zero-order valence-electron chi connectivity index (χ0n) is 64.7. The van der Waals surface area contributed by atoms with Gasteiger partial charge in [0, 0.05) is 12.8 Å². The van der Waals surface area contributed by atoms with Gasteiger partial charge in [-0.1, -0.05) is 335 Å². The smallest absolute Gasteiger partial charge is 0.306 e. The van der Waals surface area contributed by atoms with Gasteiger partial charge in [0.05, 0.1) is 40.3 Å². The maximum Gasteiger partial charge on any atom is 0.306 e. The highest BCUT2D eigenvalue weighted by atomic mass is 16.7. The summed E-state index contributed by atoms with van der Waals surface area (Å²) in [6.45, 7) is 4.48. The maximum atomic E-state index is 13.0. The van der Waals surface area contributed by atoms with Crippen molar-refractivity contribution in [3.8, 4) is 0 Å². The molecule has 0 amide bonds. The van der Waals surface area contributed by atoms with Crippen LogP contribution in [0.25, 0.3) is 0 Å². The topological polar surface area (TPSA) is 111 Å². The van der Waals surface area contributed by atoms with Crippen LogP contribution in [0.15, 0.2) is 219 Å². The Labute approximate surface area is 619 Å². The first-order chi connectivity index (χ1) is 49.6. The van der Waals surface area contributed by atoms with Crippen molar-refractivity contribution < 1.29 is 42.9 Å². The van der Waals surface area contributed by atoms with Gasteiger partial charge in [0.1, 0.15) is 13.2 Å². The van der Waals surface area contributed by atoms with E-state index in [0.717, 1.165) is 167 Å². The molecule has 566 valence electrons. The second-order valence-corrected chi connectivity index (χ2v) is 26.9. The second kappa shape index (κ2) is 79.3. The molecule has 0 aromatic carbocycles. The third-order valence-electron chi connectivity index (χ3n) is 16.2. The molecule has 0 saturated carbocycles. The summed E-state index contributed by atoms with van der Waals surface area (Å²) in [5, 5.41) is 11.9. The Bertz CT molecular complexity index is 2470. The number of aliphatic carboxylic acids is 1. The number of nitrogens with zero attached hydrogens (tertiary/aromatic N) is 1. The first-order valence-electron chi connectivity index (χ1n) is 39.9. The molecule has 0 aromatic rings. The van der Waals surface area contributed by atoms with Crippen LogP contribution in [0.5, 0.6) is 0 Å². The number of carboxylic acid groups (broad SMARTS) is 1. The SMILES string of the molecule is CC/C=C\C/C=C\C/C=C\C/C=C\C/C=C\C/C=C\C/C=C\C/C=C\C/C=C\C/C=C\C/C=C\CCCCCCCC(=O)OC(COC(=O)CCCCCCCCCCCCCCCCC/C=C\C/C=C\C/C=C\C/C=C\C/C=C\C/C=C\C/C=C\CC)COC(OCC[N+](C)(C)C)C(=O)[O-]. The zero-order chi connectivity index (χ0) is 73.2. The van der Waals surface area contributed by atoms with E-state index in [9.17, 15) is 19.5 Å². The van der Waals surface area contributed by atoms with Crippen molar-refractivity contribution in [3.05, 3.63) is 219 Å². The average molecular weight is 1390 g/mol. The molecule has 0 rings (SSSR count). The number of quaternary nitrogens is 1. The molecule has 2 unspecified atom stereocenters. The minimum atomic E-state index is -1.64. The first kappa shape index (κ1) is 94.6. The molecule has 0 aliphatic carbocycles. The van der Waals surface area contributed by atoms with Gasteiger partial charge in [0.15, 0.2) is 12.4 Å². The standard InChI is InChI=1S/C92H145NO8/c1-6-8-10-12-14-16-18-20-22-24-26-28-30-32-34-36-38-40-42-44-45-47-49-51-53-55-57-59-61-63-65-67-69-71-73-75-77-79-81-83-90(95)101-88(87-100-92(91(96)97)98-85-84-93(3,4)5)86-99-89(94)82-80-78-76-74-72-70-68-66-64-62-60-58-56-54-52-50-48-46-43-41-39-37-35-33-31-29-27-25-23-21-19-17-15-13-11-9-7-2/h8-11,14-17,20-23,26-29,32-35,38-41,44-46,48-49,51,55,57,61,63,67,69,88,92H,6-7,12-13,18-19,24-25,30-31,36-37,42-43,47,50,52-54,56,58-60,62,64-66,68,70-87H2,1-5H3/b10-8-,11-9-,16-14-,17-15-,22-20-,23-21-,28-26-,29-27-,34-32-,35-33-,40-38-,41-39-,45-44-,48-46-,51-49-,57-55-,63-61-,69-67-. The van der Waals surface area contributed by atoms with Gasteiger partial charge < -0.3 is 33.3 Å². The van der Waals surface area contributed by atoms with Crippen molar-refractivity contribution in [1.82, 2.24) is 0 Å². The number of carbonyl (C=O) groups excluding carboxylic acids is 3.